The molecular weight excluding hydrogens is 192 g/mol. The van der Waals surface area contributed by atoms with Gasteiger partial charge >= 0.3 is 0 Å². The van der Waals surface area contributed by atoms with Crippen molar-refractivity contribution in [2.75, 3.05) is 0 Å². The zero-order chi connectivity index (χ0) is 10.2. The van der Waals surface area contributed by atoms with Crippen LogP contribution in [0.3, 0.4) is 0 Å². The van der Waals surface area contributed by atoms with Gasteiger partial charge in [-0.25, -0.2) is 4.98 Å². The van der Waals surface area contributed by atoms with Crippen molar-refractivity contribution in [1.29, 1.82) is 0 Å². The minimum Gasteiger partial charge on any atom is -0.319 e. The van der Waals surface area contributed by atoms with Crippen LogP contribution >= 0.6 is 11.3 Å². The summed E-state index contributed by atoms with van der Waals surface area (Å²) in [7, 11) is 0. The van der Waals surface area contributed by atoms with E-state index in [-0.39, 0.29) is 5.54 Å². The molecule has 1 saturated carbocycles. The predicted octanol–water partition coefficient (Wildman–Crippen LogP) is 2.77. The molecule has 74 valence electrons. The van der Waals surface area contributed by atoms with Crippen LogP contribution < -0.4 is 5.73 Å². The summed E-state index contributed by atoms with van der Waals surface area (Å²) in [6.45, 7) is 5.77. The van der Waals surface area contributed by atoms with Crippen LogP contribution in [0.5, 0.6) is 0 Å². The van der Waals surface area contributed by atoms with Crippen molar-refractivity contribution in [3.63, 3.8) is 0 Å². The second-order valence-corrected chi connectivity index (χ2v) is 4.66. The van der Waals surface area contributed by atoms with Gasteiger partial charge in [-0.1, -0.05) is 12.7 Å². The Kier molecular flexibility index (Phi) is 2.29. The van der Waals surface area contributed by atoms with Crippen LogP contribution in [-0.4, -0.2) is 4.98 Å². The van der Waals surface area contributed by atoms with Crippen LogP contribution in [0, 0.1) is 0 Å². The fraction of sp³-hybridized carbons (Fsp3) is 0.364. The quantitative estimate of drug-likeness (QED) is 0.826. The van der Waals surface area contributed by atoms with Gasteiger partial charge in [-0.15, -0.1) is 11.3 Å². The van der Waals surface area contributed by atoms with E-state index < -0.39 is 0 Å². The fourth-order valence-electron chi connectivity index (χ4n) is 1.33. The molecule has 0 unspecified atom stereocenters. The summed E-state index contributed by atoms with van der Waals surface area (Å²) in [6, 6.07) is 0. The summed E-state index contributed by atoms with van der Waals surface area (Å²) in [5.74, 6) is 0. The topological polar surface area (TPSA) is 38.9 Å². The highest BCUT2D eigenvalue weighted by molar-refractivity contribution is 7.13. The van der Waals surface area contributed by atoms with Crippen molar-refractivity contribution in [2.45, 2.75) is 25.3 Å². The molecule has 1 aliphatic carbocycles. The van der Waals surface area contributed by atoms with Gasteiger partial charge < -0.3 is 5.73 Å². The third kappa shape index (κ3) is 1.53. The summed E-state index contributed by atoms with van der Waals surface area (Å²) < 4.78 is 0. The van der Waals surface area contributed by atoms with E-state index in [0.29, 0.717) is 0 Å². The van der Waals surface area contributed by atoms with Crippen molar-refractivity contribution < 1.29 is 0 Å². The third-order valence-electron chi connectivity index (χ3n) is 2.41. The van der Waals surface area contributed by atoms with Crippen LogP contribution in [0.25, 0.3) is 12.2 Å². The molecule has 1 heterocycles. The Morgan fingerprint density at radius 2 is 2.29 bits per heavy atom. The van der Waals surface area contributed by atoms with Gasteiger partial charge in [0.15, 0.2) is 0 Å². The van der Waals surface area contributed by atoms with Gasteiger partial charge in [0.05, 0.1) is 16.1 Å². The maximum atomic E-state index is 6.09. The van der Waals surface area contributed by atoms with Gasteiger partial charge in [0.1, 0.15) is 5.01 Å². The molecule has 1 aliphatic rings. The number of allylic oxidation sites excluding steroid dienone is 1. The minimum absolute atomic E-state index is 0.123. The number of nitrogens with two attached hydrogens (primary N) is 1. The smallest absolute Gasteiger partial charge is 0.114 e. The third-order valence-corrected chi connectivity index (χ3v) is 3.69. The Labute approximate surface area is 88.2 Å². The molecule has 1 aromatic heterocycles. The Hall–Kier alpha value is -0.930. The van der Waals surface area contributed by atoms with Crippen molar-refractivity contribution in [1.82, 2.24) is 4.98 Å². The first kappa shape index (κ1) is 9.62. The van der Waals surface area contributed by atoms with Crippen molar-refractivity contribution >= 4 is 23.5 Å². The molecule has 0 amide bonds. The molecule has 0 aromatic carbocycles. The first-order valence-electron chi connectivity index (χ1n) is 4.75. The normalized spacial score (nSPS) is 18.7. The SMILES string of the molecule is C=Cc1sc(C2(N)CC2)nc1/C=C\C. The van der Waals surface area contributed by atoms with Crippen molar-refractivity contribution in [3.05, 3.63) is 28.2 Å². The summed E-state index contributed by atoms with van der Waals surface area (Å²) in [5, 5.41) is 1.06. The lowest BCUT2D eigenvalue weighted by molar-refractivity contribution is 0.730. The lowest BCUT2D eigenvalue weighted by Gasteiger charge is -2.00. The monoisotopic (exact) mass is 206 g/mol. The maximum Gasteiger partial charge on any atom is 0.114 e. The van der Waals surface area contributed by atoms with E-state index in [0.717, 1.165) is 28.4 Å². The number of nitrogens with zero attached hydrogens (tertiary/aromatic N) is 1. The highest BCUT2D eigenvalue weighted by Gasteiger charge is 2.43. The van der Waals surface area contributed by atoms with Crippen LogP contribution in [0.4, 0.5) is 0 Å². The molecule has 2 rings (SSSR count). The van der Waals surface area contributed by atoms with Gasteiger partial charge in [0, 0.05) is 0 Å². The number of rotatable bonds is 3. The Morgan fingerprint density at radius 1 is 1.57 bits per heavy atom. The summed E-state index contributed by atoms with van der Waals surface area (Å²) in [6.07, 6.45) is 7.96. The molecule has 0 atom stereocenters. The van der Waals surface area contributed by atoms with Crippen LogP contribution in [0.1, 0.15) is 35.3 Å². The molecule has 1 fully saturated rings. The zero-order valence-electron chi connectivity index (χ0n) is 8.29. The van der Waals surface area contributed by atoms with E-state index >= 15 is 0 Å². The lowest BCUT2D eigenvalue weighted by Crippen LogP contribution is -2.18. The first-order chi connectivity index (χ1) is 6.69. The average molecular weight is 206 g/mol. The number of hydrogen-bond donors (Lipinski definition) is 1. The molecular formula is C11H14N2S. The van der Waals surface area contributed by atoms with E-state index in [1.807, 2.05) is 25.2 Å². The van der Waals surface area contributed by atoms with E-state index in [1.54, 1.807) is 11.3 Å². The van der Waals surface area contributed by atoms with Crippen LogP contribution in [0.15, 0.2) is 12.7 Å². The van der Waals surface area contributed by atoms with Gasteiger partial charge in [0.2, 0.25) is 0 Å². The fourth-order valence-corrected chi connectivity index (χ4v) is 2.39. The molecule has 3 heteroatoms. The number of thiazole rings is 1. The number of aromatic nitrogens is 1. The summed E-state index contributed by atoms with van der Waals surface area (Å²) in [5.41, 5.74) is 6.97. The van der Waals surface area contributed by atoms with E-state index in [1.165, 1.54) is 0 Å². The molecule has 14 heavy (non-hydrogen) atoms. The molecule has 0 spiro atoms. The number of hydrogen-bond acceptors (Lipinski definition) is 3. The van der Waals surface area contributed by atoms with Crippen molar-refractivity contribution in [3.8, 4) is 0 Å². The molecule has 1 aromatic rings. The molecule has 0 saturated heterocycles. The lowest BCUT2D eigenvalue weighted by atomic mass is 10.3. The second-order valence-electron chi connectivity index (χ2n) is 3.63. The minimum atomic E-state index is -0.123. The molecule has 0 bridgehead atoms. The van der Waals surface area contributed by atoms with E-state index in [4.69, 9.17) is 5.73 Å². The molecule has 2 N–H and O–H groups in total. The Balaban J connectivity index is 2.40. The largest absolute Gasteiger partial charge is 0.319 e. The van der Waals surface area contributed by atoms with Crippen LogP contribution in [0.2, 0.25) is 0 Å². The highest BCUT2D eigenvalue weighted by atomic mass is 32.1. The summed E-state index contributed by atoms with van der Waals surface area (Å²) in [4.78, 5) is 5.66. The van der Waals surface area contributed by atoms with Gasteiger partial charge in [-0.05, 0) is 31.9 Å². The second kappa shape index (κ2) is 3.33. The Bertz CT molecular complexity index is 386. The standard InChI is InChI=1S/C11H14N2S/c1-3-5-8-9(4-2)14-10(13-8)11(12)6-7-11/h3-5H,2,6-7,12H2,1H3/b5-3-. The van der Waals surface area contributed by atoms with Crippen molar-refractivity contribution in [2.24, 2.45) is 5.73 Å². The van der Waals surface area contributed by atoms with E-state index in [9.17, 15) is 0 Å². The molecule has 0 aliphatic heterocycles. The van der Waals surface area contributed by atoms with Gasteiger partial charge in [-0.2, -0.15) is 0 Å². The Morgan fingerprint density at radius 3 is 2.79 bits per heavy atom. The summed E-state index contributed by atoms with van der Waals surface area (Å²) >= 11 is 1.66. The van der Waals surface area contributed by atoms with Gasteiger partial charge in [0.25, 0.3) is 0 Å². The maximum absolute atomic E-state index is 6.09. The highest BCUT2D eigenvalue weighted by Crippen LogP contribution is 2.45. The van der Waals surface area contributed by atoms with Gasteiger partial charge in [-0.3, -0.25) is 0 Å². The first-order valence-corrected chi connectivity index (χ1v) is 5.56. The molecule has 2 nitrogen and oxygen atoms in total. The predicted molar refractivity (Wildman–Crippen MR) is 62.0 cm³/mol. The van der Waals surface area contributed by atoms with E-state index in [2.05, 4.69) is 11.6 Å². The zero-order valence-corrected chi connectivity index (χ0v) is 9.10. The average Bonchev–Trinajstić information content (AvgIpc) is 2.79. The molecule has 0 radical (unpaired) electrons. The van der Waals surface area contributed by atoms with Crippen LogP contribution in [-0.2, 0) is 5.54 Å².